The Morgan fingerprint density at radius 2 is 2.11 bits per heavy atom. The molecule has 1 saturated carbocycles. The number of halogens is 2. The Morgan fingerprint density at radius 1 is 1.39 bits per heavy atom. The van der Waals surface area contributed by atoms with Crippen LogP contribution in [0, 0.1) is 5.82 Å². The molecule has 1 amide bonds. The van der Waals surface area contributed by atoms with Gasteiger partial charge in [0.15, 0.2) is 5.82 Å². The Hall–Kier alpha value is -1.13. The number of nitrogens with one attached hydrogen (secondary N) is 1. The third-order valence-corrected chi connectivity index (χ3v) is 3.62. The zero-order chi connectivity index (χ0) is 13.1. The molecule has 1 aliphatic carbocycles. The van der Waals surface area contributed by atoms with Crippen LogP contribution in [0.3, 0.4) is 0 Å². The molecular formula is C13H16ClFN2O. The maximum absolute atomic E-state index is 13.7. The molecule has 5 heteroatoms. The van der Waals surface area contributed by atoms with Gasteiger partial charge in [-0.05, 0) is 25.0 Å². The Labute approximate surface area is 111 Å². The van der Waals surface area contributed by atoms with Gasteiger partial charge in [0, 0.05) is 12.1 Å². The zero-order valence-electron chi connectivity index (χ0n) is 9.96. The molecule has 18 heavy (non-hydrogen) atoms. The first-order valence-corrected chi connectivity index (χ1v) is 6.48. The molecule has 1 aromatic rings. The van der Waals surface area contributed by atoms with Crippen LogP contribution in [0.1, 0.15) is 36.0 Å². The molecular weight excluding hydrogens is 255 g/mol. The smallest absolute Gasteiger partial charge is 0.254 e. The van der Waals surface area contributed by atoms with E-state index in [-0.39, 0.29) is 22.7 Å². The second-order valence-corrected chi connectivity index (χ2v) is 5.04. The zero-order valence-corrected chi connectivity index (χ0v) is 10.7. The number of hydrogen-bond acceptors (Lipinski definition) is 2. The van der Waals surface area contributed by atoms with Crippen molar-refractivity contribution in [3.05, 3.63) is 34.6 Å². The number of nitrogens with two attached hydrogens (primary N) is 1. The molecule has 0 heterocycles. The van der Waals surface area contributed by atoms with Crippen molar-refractivity contribution in [3.63, 3.8) is 0 Å². The molecule has 0 aliphatic heterocycles. The first-order chi connectivity index (χ1) is 8.59. The lowest BCUT2D eigenvalue weighted by Crippen LogP contribution is -2.49. The van der Waals surface area contributed by atoms with Crippen molar-refractivity contribution in [2.45, 2.75) is 37.8 Å². The third-order valence-electron chi connectivity index (χ3n) is 3.33. The summed E-state index contributed by atoms with van der Waals surface area (Å²) in [5.74, 6) is -1.13. The molecule has 1 aliphatic rings. The van der Waals surface area contributed by atoms with Gasteiger partial charge in [0.1, 0.15) is 0 Å². The number of carbonyl (C=O) groups is 1. The van der Waals surface area contributed by atoms with Crippen molar-refractivity contribution >= 4 is 17.5 Å². The Morgan fingerprint density at radius 3 is 2.83 bits per heavy atom. The summed E-state index contributed by atoms with van der Waals surface area (Å²) in [6.07, 6.45) is 3.85. The van der Waals surface area contributed by atoms with Crippen LogP contribution in [0.15, 0.2) is 18.2 Å². The van der Waals surface area contributed by atoms with E-state index in [0.29, 0.717) is 0 Å². The fraction of sp³-hybridized carbons (Fsp3) is 0.462. The van der Waals surface area contributed by atoms with E-state index >= 15 is 0 Å². The summed E-state index contributed by atoms with van der Waals surface area (Å²) in [6, 6.07) is 4.26. The van der Waals surface area contributed by atoms with Crippen LogP contribution in [0.25, 0.3) is 0 Å². The molecule has 0 radical (unpaired) electrons. The van der Waals surface area contributed by atoms with Crippen LogP contribution in [0.5, 0.6) is 0 Å². The highest BCUT2D eigenvalue weighted by Gasteiger charge is 2.25. The van der Waals surface area contributed by atoms with Crippen molar-refractivity contribution in [3.8, 4) is 0 Å². The minimum atomic E-state index is -0.680. The van der Waals surface area contributed by atoms with Gasteiger partial charge in [0.2, 0.25) is 0 Å². The number of amides is 1. The summed E-state index contributed by atoms with van der Waals surface area (Å²) >= 11 is 5.65. The maximum Gasteiger partial charge on any atom is 0.254 e. The van der Waals surface area contributed by atoms with Crippen LogP contribution in [0.2, 0.25) is 5.02 Å². The predicted molar refractivity (Wildman–Crippen MR) is 69.1 cm³/mol. The van der Waals surface area contributed by atoms with E-state index in [1.807, 2.05) is 0 Å². The quantitative estimate of drug-likeness (QED) is 0.867. The summed E-state index contributed by atoms with van der Waals surface area (Å²) < 4.78 is 13.7. The van der Waals surface area contributed by atoms with E-state index in [4.69, 9.17) is 17.3 Å². The Bertz CT molecular complexity index is 453. The average molecular weight is 271 g/mol. The minimum Gasteiger partial charge on any atom is -0.348 e. The predicted octanol–water partition coefficient (Wildman–Crippen LogP) is 2.48. The van der Waals surface area contributed by atoms with Gasteiger partial charge in [-0.3, -0.25) is 4.79 Å². The highest BCUT2D eigenvalue weighted by atomic mass is 35.5. The molecule has 0 saturated heterocycles. The summed E-state index contributed by atoms with van der Waals surface area (Å²) in [5, 5.41) is 2.74. The molecule has 2 atom stereocenters. The number of benzene rings is 1. The fourth-order valence-electron chi connectivity index (χ4n) is 2.26. The normalized spacial score (nSPS) is 23.7. The van der Waals surface area contributed by atoms with E-state index in [1.165, 1.54) is 12.1 Å². The second kappa shape index (κ2) is 5.67. The minimum absolute atomic E-state index is 0.0275. The van der Waals surface area contributed by atoms with Gasteiger partial charge < -0.3 is 11.1 Å². The van der Waals surface area contributed by atoms with Crippen molar-refractivity contribution in [1.29, 1.82) is 0 Å². The van der Waals surface area contributed by atoms with Crippen LogP contribution >= 0.6 is 11.6 Å². The second-order valence-electron chi connectivity index (χ2n) is 4.63. The van der Waals surface area contributed by atoms with Gasteiger partial charge >= 0.3 is 0 Å². The highest BCUT2D eigenvalue weighted by molar-refractivity contribution is 6.31. The molecule has 98 valence electrons. The van der Waals surface area contributed by atoms with Crippen LogP contribution in [0.4, 0.5) is 4.39 Å². The summed E-state index contributed by atoms with van der Waals surface area (Å²) in [5.41, 5.74) is 5.91. The van der Waals surface area contributed by atoms with Crippen molar-refractivity contribution in [2.75, 3.05) is 0 Å². The average Bonchev–Trinajstić information content (AvgIpc) is 2.35. The van der Waals surface area contributed by atoms with Gasteiger partial charge in [-0.15, -0.1) is 0 Å². The lowest BCUT2D eigenvalue weighted by atomic mass is 9.91. The first kappa shape index (κ1) is 13.3. The standard InChI is InChI=1S/C13H16ClFN2O/c14-9-5-3-4-8(12(9)15)13(18)17-11-7-2-1-6-10(11)16/h3-5,10-11H,1-2,6-7,16H2,(H,17,18). The van der Waals surface area contributed by atoms with Crippen molar-refractivity contribution in [1.82, 2.24) is 5.32 Å². The lowest BCUT2D eigenvalue weighted by Gasteiger charge is -2.29. The van der Waals surface area contributed by atoms with Crippen LogP contribution in [-0.4, -0.2) is 18.0 Å². The first-order valence-electron chi connectivity index (χ1n) is 6.10. The van der Waals surface area contributed by atoms with Gasteiger partial charge in [-0.25, -0.2) is 4.39 Å². The molecule has 2 unspecified atom stereocenters. The van der Waals surface area contributed by atoms with E-state index in [2.05, 4.69) is 5.32 Å². The maximum atomic E-state index is 13.7. The van der Waals surface area contributed by atoms with E-state index < -0.39 is 11.7 Å². The lowest BCUT2D eigenvalue weighted by molar-refractivity contribution is 0.0917. The monoisotopic (exact) mass is 270 g/mol. The molecule has 1 aromatic carbocycles. The topological polar surface area (TPSA) is 55.1 Å². The number of hydrogen-bond donors (Lipinski definition) is 2. The van der Waals surface area contributed by atoms with Crippen LogP contribution < -0.4 is 11.1 Å². The van der Waals surface area contributed by atoms with Crippen molar-refractivity contribution in [2.24, 2.45) is 5.73 Å². The third kappa shape index (κ3) is 2.82. The van der Waals surface area contributed by atoms with E-state index in [1.54, 1.807) is 6.07 Å². The fourth-order valence-corrected chi connectivity index (χ4v) is 2.44. The van der Waals surface area contributed by atoms with E-state index in [9.17, 15) is 9.18 Å². The molecule has 2 rings (SSSR count). The van der Waals surface area contributed by atoms with Crippen LogP contribution in [-0.2, 0) is 0 Å². The largest absolute Gasteiger partial charge is 0.348 e. The molecule has 3 N–H and O–H groups in total. The Kier molecular flexibility index (Phi) is 4.19. The molecule has 0 bridgehead atoms. The van der Waals surface area contributed by atoms with Gasteiger partial charge in [-0.1, -0.05) is 30.5 Å². The van der Waals surface area contributed by atoms with Gasteiger partial charge in [0.05, 0.1) is 10.6 Å². The van der Waals surface area contributed by atoms with Gasteiger partial charge in [0.25, 0.3) is 5.91 Å². The number of rotatable bonds is 2. The molecule has 3 nitrogen and oxygen atoms in total. The summed E-state index contributed by atoms with van der Waals surface area (Å²) in [6.45, 7) is 0. The molecule has 0 aromatic heterocycles. The molecule has 0 spiro atoms. The summed E-state index contributed by atoms with van der Waals surface area (Å²) in [4.78, 5) is 12.0. The van der Waals surface area contributed by atoms with Crippen molar-refractivity contribution < 1.29 is 9.18 Å². The SMILES string of the molecule is NC1CCCCC1NC(=O)c1cccc(Cl)c1F. The highest BCUT2D eigenvalue weighted by Crippen LogP contribution is 2.20. The molecule has 1 fully saturated rings. The number of carbonyl (C=O) groups excluding carboxylic acids is 1. The Balaban J connectivity index is 2.09. The summed E-state index contributed by atoms with van der Waals surface area (Å²) in [7, 11) is 0. The van der Waals surface area contributed by atoms with Gasteiger partial charge in [-0.2, -0.15) is 0 Å². The van der Waals surface area contributed by atoms with E-state index in [0.717, 1.165) is 25.7 Å².